The van der Waals surface area contributed by atoms with Crippen LogP contribution in [0, 0.1) is 5.82 Å². The number of nitrogens with one attached hydrogen (secondary N) is 1. The molecule has 2 aromatic carbocycles. The van der Waals surface area contributed by atoms with Gasteiger partial charge in [-0.2, -0.15) is 0 Å². The second-order valence-electron chi connectivity index (χ2n) is 6.28. The largest absolute Gasteiger partial charge is 0.457 e. The number of rotatable bonds is 5. The fraction of sp³-hybridized carbons (Fsp3) is 0.200. The lowest BCUT2D eigenvalue weighted by Crippen LogP contribution is -2.34. The van der Waals surface area contributed by atoms with Gasteiger partial charge in [-0.05, 0) is 36.8 Å². The first kappa shape index (κ1) is 20.2. The third kappa shape index (κ3) is 4.29. The molecule has 0 saturated carbocycles. The van der Waals surface area contributed by atoms with Gasteiger partial charge >= 0.3 is 5.97 Å². The highest BCUT2D eigenvalue weighted by Gasteiger charge is 2.35. The Morgan fingerprint density at radius 3 is 2.61 bits per heavy atom. The summed E-state index contributed by atoms with van der Waals surface area (Å²) in [6.07, 6.45) is -0.107. The van der Waals surface area contributed by atoms with Crippen molar-refractivity contribution in [2.45, 2.75) is 25.9 Å². The second-order valence-corrected chi connectivity index (χ2v) is 6.84. The molecular weight excluding hydrogens is 408 g/mol. The molecule has 1 unspecified atom stereocenters. The first-order chi connectivity index (χ1) is 13.4. The zero-order valence-electron chi connectivity index (χ0n) is 14.8. The van der Waals surface area contributed by atoms with Crippen LogP contribution in [-0.2, 0) is 20.9 Å². The van der Waals surface area contributed by atoms with Crippen LogP contribution in [0.1, 0.15) is 30.4 Å². The molecular formula is C20H16Cl2FNO4. The van der Waals surface area contributed by atoms with Gasteiger partial charge in [-0.3, -0.25) is 4.79 Å². The van der Waals surface area contributed by atoms with E-state index in [9.17, 15) is 14.0 Å². The molecule has 2 aromatic rings. The average Bonchev–Trinajstić information content (AvgIpc) is 2.66. The van der Waals surface area contributed by atoms with Crippen LogP contribution >= 0.6 is 23.5 Å². The molecule has 1 N–H and O–H groups in total. The van der Waals surface area contributed by atoms with Gasteiger partial charge in [0.15, 0.2) is 0 Å². The number of hydrogen-bond acceptors (Lipinski definition) is 4. The predicted octanol–water partition coefficient (Wildman–Crippen LogP) is 4.63. The molecule has 3 rings (SSSR count). The Kier molecular flexibility index (Phi) is 6.21. The Balaban J connectivity index is 1.86. The van der Waals surface area contributed by atoms with Crippen molar-refractivity contribution in [2.24, 2.45) is 0 Å². The van der Waals surface area contributed by atoms with E-state index in [1.54, 1.807) is 31.2 Å². The molecule has 1 heterocycles. The van der Waals surface area contributed by atoms with E-state index in [-0.39, 0.29) is 35.1 Å². The monoisotopic (exact) mass is 423 g/mol. The molecule has 0 aliphatic carbocycles. The van der Waals surface area contributed by atoms with E-state index >= 15 is 0 Å². The summed E-state index contributed by atoms with van der Waals surface area (Å²) in [4.78, 5) is 24.8. The predicted molar refractivity (Wildman–Crippen MR) is 102 cm³/mol. The average molecular weight is 424 g/mol. The zero-order chi connectivity index (χ0) is 20.3. The molecule has 1 amide bonds. The summed E-state index contributed by atoms with van der Waals surface area (Å²) in [5.74, 6) is -1.93. The van der Waals surface area contributed by atoms with E-state index in [0.29, 0.717) is 17.0 Å². The summed E-state index contributed by atoms with van der Waals surface area (Å²) in [6, 6.07) is 10.9. The van der Waals surface area contributed by atoms with Crippen LogP contribution in [0.2, 0.25) is 5.02 Å². The summed E-state index contributed by atoms with van der Waals surface area (Å²) in [6.45, 7) is 1.56. The van der Waals surface area contributed by atoms with Crippen LogP contribution in [0.25, 0.3) is 0 Å². The maximum absolute atomic E-state index is 14.4. The lowest BCUT2D eigenvalue weighted by atomic mass is 9.84. The minimum Gasteiger partial charge on any atom is -0.457 e. The topological polar surface area (TPSA) is 64.6 Å². The number of halogens is 3. The Bertz CT molecular complexity index is 923. The smallest absolute Gasteiger partial charge is 0.336 e. The lowest BCUT2D eigenvalue weighted by molar-refractivity contribution is -0.141. The van der Waals surface area contributed by atoms with E-state index in [1.807, 2.05) is 0 Å². The number of allylic oxidation sites excluding steroid dienone is 1. The Morgan fingerprint density at radius 1 is 1.25 bits per heavy atom. The Labute approximate surface area is 171 Å². The number of carbonyl (C=O) groups excluding carboxylic acids is 2. The van der Waals surface area contributed by atoms with E-state index in [4.69, 9.17) is 28.2 Å². The maximum atomic E-state index is 14.4. The molecule has 5 nitrogen and oxygen atoms in total. The van der Waals surface area contributed by atoms with Crippen LogP contribution in [-0.4, -0.2) is 11.9 Å². The van der Waals surface area contributed by atoms with Gasteiger partial charge in [0.25, 0.3) is 0 Å². The third-order valence-corrected chi connectivity index (χ3v) is 4.93. The number of carbonyl (C=O) groups is 2. The van der Waals surface area contributed by atoms with Crippen molar-refractivity contribution < 1.29 is 23.0 Å². The summed E-state index contributed by atoms with van der Waals surface area (Å²) in [5, 5.41) is 2.75. The summed E-state index contributed by atoms with van der Waals surface area (Å²) < 4.78 is 24.4. The normalized spacial score (nSPS) is 16.6. The van der Waals surface area contributed by atoms with Crippen molar-refractivity contribution in [3.8, 4) is 5.75 Å². The minimum absolute atomic E-state index is 0.0101. The lowest BCUT2D eigenvalue weighted by Gasteiger charge is -2.27. The van der Waals surface area contributed by atoms with Gasteiger partial charge in [-0.15, -0.1) is 0 Å². The standard InChI is InChI=1S/C20H16Cl2FNO4/c1-11-18(20(26)27-10-12-5-7-13(28-22)8-6-12)14(9-17(25)24-11)19-15(21)3-2-4-16(19)23/h2-8,14H,9-10H2,1H3,(H,24,25). The van der Waals surface area contributed by atoms with Crippen LogP contribution in [0.5, 0.6) is 5.75 Å². The van der Waals surface area contributed by atoms with Gasteiger partial charge < -0.3 is 14.3 Å². The highest BCUT2D eigenvalue weighted by molar-refractivity contribution is 6.31. The fourth-order valence-corrected chi connectivity index (χ4v) is 3.52. The molecule has 0 saturated heterocycles. The SMILES string of the molecule is CC1=C(C(=O)OCc2ccc(OCl)cc2)C(c2c(F)cccc2Cl)CC(=O)N1. The molecule has 8 heteroatoms. The van der Waals surface area contributed by atoms with Crippen molar-refractivity contribution in [2.75, 3.05) is 0 Å². The number of hydrogen-bond donors (Lipinski definition) is 1. The third-order valence-electron chi connectivity index (χ3n) is 4.42. The van der Waals surface area contributed by atoms with E-state index in [2.05, 4.69) is 9.61 Å². The molecule has 0 radical (unpaired) electrons. The second kappa shape index (κ2) is 8.63. The molecule has 0 aromatic heterocycles. The van der Waals surface area contributed by atoms with Gasteiger partial charge in [-0.1, -0.05) is 29.8 Å². The van der Waals surface area contributed by atoms with Gasteiger partial charge in [0.1, 0.15) is 30.0 Å². The van der Waals surface area contributed by atoms with Crippen LogP contribution < -0.4 is 9.61 Å². The number of esters is 1. The molecule has 1 aliphatic rings. The molecule has 0 fully saturated rings. The summed E-state index contributed by atoms with van der Waals surface area (Å²) in [7, 11) is 0. The van der Waals surface area contributed by atoms with Gasteiger partial charge in [-0.25, -0.2) is 9.18 Å². The van der Waals surface area contributed by atoms with Gasteiger partial charge in [0, 0.05) is 28.6 Å². The van der Waals surface area contributed by atoms with Crippen molar-refractivity contribution in [1.82, 2.24) is 5.32 Å². The van der Waals surface area contributed by atoms with Gasteiger partial charge in [0.05, 0.1) is 5.57 Å². The molecule has 0 bridgehead atoms. The van der Waals surface area contributed by atoms with E-state index < -0.39 is 17.7 Å². The number of benzene rings is 2. The van der Waals surface area contributed by atoms with Crippen molar-refractivity contribution in [1.29, 1.82) is 0 Å². The van der Waals surface area contributed by atoms with Crippen LogP contribution in [0.4, 0.5) is 4.39 Å². The summed E-state index contributed by atoms with van der Waals surface area (Å²) >= 11 is 11.4. The van der Waals surface area contributed by atoms with E-state index in [0.717, 1.165) is 0 Å². The molecule has 0 spiro atoms. The fourth-order valence-electron chi connectivity index (χ4n) is 3.13. The van der Waals surface area contributed by atoms with Gasteiger partial charge in [0.2, 0.25) is 5.91 Å². The molecule has 1 aliphatic heterocycles. The molecule has 1 atom stereocenters. The zero-order valence-corrected chi connectivity index (χ0v) is 16.3. The van der Waals surface area contributed by atoms with Crippen LogP contribution in [0.3, 0.4) is 0 Å². The van der Waals surface area contributed by atoms with Crippen molar-refractivity contribution in [3.05, 3.63) is 75.7 Å². The van der Waals surface area contributed by atoms with Crippen LogP contribution in [0.15, 0.2) is 53.7 Å². The first-order valence-electron chi connectivity index (χ1n) is 8.40. The number of ether oxygens (including phenoxy) is 1. The maximum Gasteiger partial charge on any atom is 0.336 e. The molecule has 28 heavy (non-hydrogen) atoms. The van der Waals surface area contributed by atoms with Crippen molar-refractivity contribution in [3.63, 3.8) is 0 Å². The molecule has 146 valence electrons. The first-order valence-corrected chi connectivity index (χ1v) is 9.08. The Morgan fingerprint density at radius 2 is 1.96 bits per heavy atom. The Hall–Kier alpha value is -2.57. The highest BCUT2D eigenvalue weighted by atomic mass is 35.5. The number of amides is 1. The summed E-state index contributed by atoms with van der Waals surface area (Å²) in [5.41, 5.74) is 1.31. The minimum atomic E-state index is -0.832. The van der Waals surface area contributed by atoms with Crippen molar-refractivity contribution >= 4 is 35.3 Å². The van der Waals surface area contributed by atoms with E-state index in [1.165, 1.54) is 18.2 Å². The quantitative estimate of drug-likeness (QED) is 0.711. The highest BCUT2D eigenvalue weighted by Crippen LogP contribution is 2.38.